The molecule has 0 radical (unpaired) electrons. The number of likely N-dealkylation sites (N-methyl/N-ethyl adjacent to an activating group) is 1. The van der Waals surface area contributed by atoms with Crippen molar-refractivity contribution in [3.05, 3.63) is 93.8 Å². The molecular weight excluding hydrogens is 563 g/mol. The summed E-state index contributed by atoms with van der Waals surface area (Å²) in [6, 6.07) is 16.9. The van der Waals surface area contributed by atoms with E-state index in [0.717, 1.165) is 41.6 Å². The summed E-state index contributed by atoms with van der Waals surface area (Å²) in [4.78, 5) is 15.7. The highest BCUT2D eigenvalue weighted by Crippen LogP contribution is 2.45. The largest absolute Gasteiger partial charge is 0.455 e. The summed E-state index contributed by atoms with van der Waals surface area (Å²) in [6.07, 6.45) is 5.75. The molecule has 43 heavy (non-hydrogen) atoms. The van der Waals surface area contributed by atoms with E-state index in [2.05, 4.69) is 11.9 Å². The van der Waals surface area contributed by atoms with Crippen LogP contribution in [-0.2, 0) is 16.4 Å². The molecule has 8 heteroatoms. The maximum absolute atomic E-state index is 14.6. The van der Waals surface area contributed by atoms with Crippen LogP contribution in [0, 0.1) is 12.7 Å². The summed E-state index contributed by atoms with van der Waals surface area (Å²) in [7, 11) is 0.0691. The molecule has 2 atom stereocenters. The van der Waals surface area contributed by atoms with Gasteiger partial charge in [0.2, 0.25) is 10.0 Å². The predicted molar refractivity (Wildman–Crippen MR) is 171 cm³/mol. The van der Waals surface area contributed by atoms with Crippen LogP contribution in [0.2, 0.25) is 0 Å². The number of carbonyl (C=O) groups excluding carboxylic acids is 1. The number of sulfonamides is 1. The van der Waals surface area contributed by atoms with E-state index in [0.29, 0.717) is 46.4 Å². The van der Waals surface area contributed by atoms with Crippen molar-refractivity contribution in [1.82, 2.24) is 4.90 Å². The number of likely N-dealkylation sites (tertiary alicyclic amines) is 1. The van der Waals surface area contributed by atoms with E-state index < -0.39 is 10.0 Å². The number of benzene rings is 3. The van der Waals surface area contributed by atoms with E-state index >= 15 is 0 Å². The Morgan fingerprint density at radius 2 is 1.88 bits per heavy atom. The van der Waals surface area contributed by atoms with Crippen LogP contribution in [0.15, 0.2) is 64.6 Å². The third kappa shape index (κ3) is 5.31. The van der Waals surface area contributed by atoms with Crippen molar-refractivity contribution < 1.29 is 22.0 Å². The zero-order valence-electron chi connectivity index (χ0n) is 25.3. The average molecular weight is 601 g/mol. The second-order valence-electron chi connectivity index (χ2n) is 12.0. The van der Waals surface area contributed by atoms with Crippen LogP contribution in [0.1, 0.15) is 64.7 Å². The van der Waals surface area contributed by atoms with E-state index in [4.69, 9.17) is 4.42 Å². The lowest BCUT2D eigenvalue weighted by molar-refractivity contribution is 0.0989. The Bertz CT molecular complexity index is 1870. The molecule has 2 heterocycles. The van der Waals surface area contributed by atoms with Crippen LogP contribution >= 0.6 is 0 Å². The van der Waals surface area contributed by atoms with Crippen molar-refractivity contribution >= 4 is 38.5 Å². The molecule has 0 spiro atoms. The zero-order valence-corrected chi connectivity index (χ0v) is 26.1. The fraction of sp³-hybridized carbons (Fsp3) is 0.343. The fourth-order valence-electron chi connectivity index (χ4n) is 6.66. The van der Waals surface area contributed by atoms with Crippen LogP contribution in [0.3, 0.4) is 0 Å². The molecule has 6 nitrogen and oxygen atoms in total. The van der Waals surface area contributed by atoms with Crippen molar-refractivity contribution in [2.75, 3.05) is 31.2 Å². The molecule has 0 saturated carbocycles. The maximum Gasteiger partial charge on any atom is 0.232 e. The highest BCUT2D eigenvalue weighted by atomic mass is 32.2. The summed E-state index contributed by atoms with van der Waals surface area (Å²) in [5, 5.41) is 0.702. The first-order valence-corrected chi connectivity index (χ1v) is 16.6. The van der Waals surface area contributed by atoms with Crippen molar-refractivity contribution in [3.63, 3.8) is 0 Å². The van der Waals surface area contributed by atoms with Crippen LogP contribution in [-0.4, -0.2) is 52.0 Å². The lowest BCUT2D eigenvalue weighted by atomic mass is 9.81. The molecule has 1 aliphatic heterocycles. The molecule has 3 aromatic carbocycles. The Hall–Kier alpha value is -3.75. The van der Waals surface area contributed by atoms with Crippen molar-refractivity contribution in [1.29, 1.82) is 0 Å². The van der Waals surface area contributed by atoms with Gasteiger partial charge in [-0.25, -0.2) is 12.8 Å². The Morgan fingerprint density at radius 1 is 1.14 bits per heavy atom. The molecule has 0 bridgehead atoms. The molecule has 224 valence electrons. The van der Waals surface area contributed by atoms with Gasteiger partial charge >= 0.3 is 0 Å². The number of piperidine rings is 1. The number of halogens is 1. The number of furan rings is 1. The maximum atomic E-state index is 14.6. The highest BCUT2D eigenvalue weighted by Gasteiger charge is 2.35. The molecule has 0 N–H and O–H groups in total. The number of hydrogen-bond acceptors (Lipinski definition) is 5. The number of rotatable bonds is 7. The number of fused-ring (bicyclic) bond motifs is 2. The standard InChI is InChI=1S/C35H37FN2O4S/c1-6-32(39)34-28-19-27(24-14-15-37(3)30(18-24)25-16-23-8-7-9-29(36)26(23)17-25)31(38(4)43(5,40)41)20-33(28)42-35(34)22-12-10-21(2)11-13-22/h7-13,17,19-20,24,30H,6,14-16,18H2,1-5H3. The Labute approximate surface area is 252 Å². The van der Waals surface area contributed by atoms with Gasteiger partial charge in [0.15, 0.2) is 5.78 Å². The van der Waals surface area contributed by atoms with Gasteiger partial charge in [0.25, 0.3) is 0 Å². The summed E-state index contributed by atoms with van der Waals surface area (Å²) in [5.74, 6) is 0.287. The number of nitrogens with zero attached hydrogens (tertiary/aromatic N) is 2. The number of anilines is 1. The molecule has 2 unspecified atom stereocenters. The summed E-state index contributed by atoms with van der Waals surface area (Å²) >= 11 is 0. The van der Waals surface area contributed by atoms with Crippen LogP contribution in [0.25, 0.3) is 28.4 Å². The number of aryl methyl sites for hydroxylation is 1. The first-order valence-electron chi connectivity index (χ1n) is 14.8. The first-order chi connectivity index (χ1) is 20.5. The van der Waals surface area contributed by atoms with Gasteiger partial charge in [-0.05, 0) is 74.5 Å². The van der Waals surface area contributed by atoms with E-state index in [1.54, 1.807) is 19.2 Å². The SMILES string of the molecule is CCC(=O)c1c(-c2ccc(C)cc2)oc2cc(N(C)S(C)(=O)=O)c(C3CCN(C)C(C4=Cc5c(F)cccc5C4)C3)cc12. The van der Waals surface area contributed by atoms with Crippen molar-refractivity contribution in [3.8, 4) is 11.3 Å². The normalized spacial score (nSPS) is 19.0. The average Bonchev–Trinajstić information content (AvgIpc) is 3.58. The third-order valence-electron chi connectivity index (χ3n) is 9.19. The Kier molecular flexibility index (Phi) is 7.55. The van der Waals surface area contributed by atoms with E-state index in [9.17, 15) is 17.6 Å². The second kappa shape index (κ2) is 11.1. The van der Waals surface area contributed by atoms with E-state index in [1.165, 1.54) is 22.2 Å². The molecule has 1 saturated heterocycles. The lowest BCUT2D eigenvalue weighted by Gasteiger charge is -2.39. The Balaban J connectivity index is 1.49. The van der Waals surface area contributed by atoms with Crippen LogP contribution in [0.5, 0.6) is 0 Å². The summed E-state index contributed by atoms with van der Waals surface area (Å²) in [5.41, 5.74) is 7.17. The van der Waals surface area contributed by atoms with Gasteiger partial charge in [-0.3, -0.25) is 14.0 Å². The van der Waals surface area contributed by atoms with E-state index in [-0.39, 0.29) is 23.6 Å². The topological polar surface area (TPSA) is 70.8 Å². The number of carbonyl (C=O) groups is 1. The van der Waals surface area contributed by atoms with Gasteiger partial charge < -0.3 is 4.42 Å². The van der Waals surface area contributed by atoms with Gasteiger partial charge in [-0.2, -0.15) is 0 Å². The fourth-order valence-corrected chi connectivity index (χ4v) is 7.17. The van der Waals surface area contributed by atoms with Gasteiger partial charge in [0.05, 0.1) is 17.5 Å². The lowest BCUT2D eigenvalue weighted by Crippen LogP contribution is -2.40. The summed E-state index contributed by atoms with van der Waals surface area (Å²) in [6.45, 7) is 4.64. The van der Waals surface area contributed by atoms with Crippen molar-refractivity contribution in [2.24, 2.45) is 0 Å². The molecule has 1 fully saturated rings. The van der Waals surface area contributed by atoms with Gasteiger partial charge in [0, 0.05) is 42.1 Å². The molecular formula is C35H37FN2O4S. The van der Waals surface area contributed by atoms with Gasteiger partial charge in [0.1, 0.15) is 17.2 Å². The minimum absolute atomic E-state index is 0.0153. The molecule has 0 amide bonds. The zero-order chi connectivity index (χ0) is 30.6. The smallest absolute Gasteiger partial charge is 0.232 e. The van der Waals surface area contributed by atoms with Gasteiger partial charge in [-0.15, -0.1) is 0 Å². The quantitative estimate of drug-likeness (QED) is 0.208. The third-order valence-corrected chi connectivity index (χ3v) is 10.4. The molecule has 6 rings (SSSR count). The first kappa shape index (κ1) is 29.3. The molecule has 2 aliphatic rings. The minimum atomic E-state index is -3.59. The van der Waals surface area contributed by atoms with Crippen LogP contribution in [0.4, 0.5) is 10.1 Å². The molecule has 1 aromatic heterocycles. The monoisotopic (exact) mass is 600 g/mol. The predicted octanol–water partition coefficient (Wildman–Crippen LogP) is 7.35. The van der Waals surface area contributed by atoms with E-state index in [1.807, 2.05) is 56.3 Å². The molecule has 1 aliphatic carbocycles. The van der Waals surface area contributed by atoms with Crippen LogP contribution < -0.4 is 4.31 Å². The van der Waals surface area contributed by atoms with Crippen molar-refractivity contribution in [2.45, 2.75) is 51.5 Å². The number of ketones is 1. The Morgan fingerprint density at radius 3 is 2.56 bits per heavy atom. The van der Waals surface area contributed by atoms with Gasteiger partial charge in [-0.1, -0.05) is 55.0 Å². The summed E-state index contributed by atoms with van der Waals surface area (Å²) < 4.78 is 48.0. The molecule has 4 aromatic rings. The minimum Gasteiger partial charge on any atom is -0.455 e. The highest BCUT2D eigenvalue weighted by molar-refractivity contribution is 7.92. The second-order valence-corrected chi connectivity index (χ2v) is 14.0. The number of hydrogen-bond donors (Lipinski definition) is 0. The number of Topliss-reactive ketones (excluding diaryl/α,β-unsaturated/α-hetero) is 1.